The van der Waals surface area contributed by atoms with Crippen molar-refractivity contribution in [3.05, 3.63) is 47.7 Å². The van der Waals surface area contributed by atoms with Gasteiger partial charge in [0.05, 0.1) is 11.7 Å². The summed E-state index contributed by atoms with van der Waals surface area (Å²) in [7, 11) is 0. The zero-order valence-corrected chi connectivity index (χ0v) is 14.4. The van der Waals surface area contributed by atoms with Crippen LogP contribution in [0.15, 0.2) is 40.9 Å². The minimum absolute atomic E-state index is 0.0366. The normalized spacial score (nSPS) is 16.5. The average Bonchev–Trinajstić information content (AvgIpc) is 3.06. The van der Waals surface area contributed by atoms with E-state index in [1.165, 1.54) is 0 Å². The molecule has 0 saturated carbocycles. The Morgan fingerprint density at radius 2 is 1.84 bits per heavy atom. The number of amides is 2. The van der Waals surface area contributed by atoms with E-state index in [1.807, 2.05) is 42.2 Å². The van der Waals surface area contributed by atoms with Gasteiger partial charge in [-0.1, -0.05) is 23.4 Å². The maximum Gasteiger partial charge on any atom is 0.253 e. The molecule has 132 valence electrons. The minimum atomic E-state index is -0.306. The molecule has 1 aliphatic heterocycles. The van der Waals surface area contributed by atoms with Crippen LogP contribution in [0, 0.1) is 6.92 Å². The zero-order chi connectivity index (χ0) is 17.8. The van der Waals surface area contributed by atoms with Crippen LogP contribution in [-0.4, -0.2) is 59.0 Å². The summed E-state index contributed by atoms with van der Waals surface area (Å²) in [6.45, 7) is 6.17. The molecule has 1 fully saturated rings. The molecule has 1 atom stereocenters. The van der Waals surface area contributed by atoms with Gasteiger partial charge in [-0.05, 0) is 26.0 Å². The van der Waals surface area contributed by atoms with Gasteiger partial charge in [0.1, 0.15) is 0 Å². The van der Waals surface area contributed by atoms with Crippen molar-refractivity contribution in [1.82, 2.24) is 15.0 Å². The van der Waals surface area contributed by atoms with E-state index in [9.17, 15) is 9.59 Å². The smallest absolute Gasteiger partial charge is 0.253 e. The van der Waals surface area contributed by atoms with E-state index >= 15 is 0 Å². The minimum Gasteiger partial charge on any atom is -0.338 e. The lowest BCUT2D eigenvalue weighted by atomic mass is 10.1. The molecule has 0 radical (unpaired) electrons. The van der Waals surface area contributed by atoms with Crippen LogP contribution in [-0.2, 0) is 4.79 Å². The second-order valence-corrected chi connectivity index (χ2v) is 6.19. The van der Waals surface area contributed by atoms with Gasteiger partial charge >= 0.3 is 0 Å². The summed E-state index contributed by atoms with van der Waals surface area (Å²) in [6, 6.07) is 10.6. The fourth-order valence-electron chi connectivity index (χ4n) is 2.89. The first kappa shape index (κ1) is 17.2. The number of hydrogen-bond donors (Lipinski definition) is 1. The zero-order valence-electron chi connectivity index (χ0n) is 14.4. The highest BCUT2D eigenvalue weighted by Gasteiger charge is 2.28. The topological polar surface area (TPSA) is 78.7 Å². The standard InChI is InChI=1S/C18H22N4O3/c1-13-12-16(25-20-13)19-17(23)14(2)21-8-10-22(11-9-21)18(24)15-6-4-3-5-7-15/h3-7,12,14H,8-11H2,1-2H3,(H,19,23). The van der Waals surface area contributed by atoms with Crippen LogP contribution < -0.4 is 5.32 Å². The van der Waals surface area contributed by atoms with Crippen LogP contribution >= 0.6 is 0 Å². The molecule has 2 amide bonds. The summed E-state index contributed by atoms with van der Waals surface area (Å²) in [4.78, 5) is 28.7. The van der Waals surface area contributed by atoms with E-state index in [-0.39, 0.29) is 17.9 Å². The van der Waals surface area contributed by atoms with E-state index < -0.39 is 0 Å². The Morgan fingerprint density at radius 1 is 1.16 bits per heavy atom. The van der Waals surface area contributed by atoms with Crippen molar-refractivity contribution in [1.29, 1.82) is 0 Å². The average molecular weight is 342 g/mol. The van der Waals surface area contributed by atoms with Gasteiger partial charge in [0.15, 0.2) is 0 Å². The number of aryl methyl sites for hydroxylation is 1. The van der Waals surface area contributed by atoms with Crippen molar-refractivity contribution in [2.45, 2.75) is 19.9 Å². The predicted octanol–water partition coefficient (Wildman–Crippen LogP) is 1.77. The monoisotopic (exact) mass is 342 g/mol. The molecule has 3 rings (SSSR count). The molecule has 1 aromatic carbocycles. The van der Waals surface area contributed by atoms with Crippen molar-refractivity contribution in [2.75, 3.05) is 31.5 Å². The summed E-state index contributed by atoms with van der Waals surface area (Å²) in [6.07, 6.45) is 0. The Hall–Kier alpha value is -2.67. The van der Waals surface area contributed by atoms with Gasteiger partial charge in [-0.15, -0.1) is 0 Å². The second kappa shape index (κ2) is 7.48. The number of nitrogens with one attached hydrogen (secondary N) is 1. The van der Waals surface area contributed by atoms with E-state index in [1.54, 1.807) is 13.0 Å². The Labute approximate surface area is 146 Å². The van der Waals surface area contributed by atoms with Crippen LogP contribution in [0.1, 0.15) is 23.0 Å². The molecule has 1 N–H and O–H groups in total. The van der Waals surface area contributed by atoms with Crippen LogP contribution in [0.2, 0.25) is 0 Å². The summed E-state index contributed by atoms with van der Waals surface area (Å²) in [5, 5.41) is 6.48. The number of benzene rings is 1. The van der Waals surface area contributed by atoms with Crippen LogP contribution in [0.25, 0.3) is 0 Å². The molecule has 1 aliphatic rings. The highest BCUT2D eigenvalue weighted by Crippen LogP contribution is 2.13. The van der Waals surface area contributed by atoms with E-state index in [4.69, 9.17) is 4.52 Å². The fraction of sp³-hybridized carbons (Fsp3) is 0.389. The molecule has 1 unspecified atom stereocenters. The maximum absolute atomic E-state index is 12.5. The van der Waals surface area contributed by atoms with Crippen LogP contribution in [0.5, 0.6) is 0 Å². The number of nitrogens with zero attached hydrogens (tertiary/aromatic N) is 3. The van der Waals surface area contributed by atoms with Gasteiger partial charge in [0, 0.05) is 37.8 Å². The number of carbonyl (C=O) groups is 2. The van der Waals surface area contributed by atoms with Gasteiger partial charge in [0.25, 0.3) is 5.91 Å². The summed E-state index contributed by atoms with van der Waals surface area (Å²) in [5.74, 6) is 0.251. The molecule has 2 heterocycles. The first-order chi connectivity index (χ1) is 12.0. The Bertz CT molecular complexity index is 736. The first-order valence-electron chi connectivity index (χ1n) is 8.37. The van der Waals surface area contributed by atoms with Crippen molar-refractivity contribution in [3.8, 4) is 0 Å². The molecular weight excluding hydrogens is 320 g/mol. The van der Waals surface area contributed by atoms with Crippen molar-refractivity contribution in [2.24, 2.45) is 0 Å². The van der Waals surface area contributed by atoms with Crippen LogP contribution in [0.3, 0.4) is 0 Å². The van der Waals surface area contributed by atoms with Gasteiger partial charge in [0.2, 0.25) is 11.8 Å². The molecule has 25 heavy (non-hydrogen) atoms. The SMILES string of the molecule is Cc1cc(NC(=O)C(C)N2CCN(C(=O)c3ccccc3)CC2)on1. The number of hydrogen-bond acceptors (Lipinski definition) is 5. The molecule has 0 spiro atoms. The quantitative estimate of drug-likeness (QED) is 0.916. The van der Waals surface area contributed by atoms with Gasteiger partial charge < -0.3 is 9.42 Å². The molecule has 1 aromatic heterocycles. The number of piperazine rings is 1. The van der Waals surface area contributed by atoms with E-state index in [2.05, 4.69) is 15.4 Å². The molecular formula is C18H22N4O3. The first-order valence-corrected chi connectivity index (χ1v) is 8.37. The molecule has 0 bridgehead atoms. The Kier molecular flexibility index (Phi) is 5.14. The third-order valence-electron chi connectivity index (χ3n) is 4.42. The fourth-order valence-corrected chi connectivity index (χ4v) is 2.89. The van der Waals surface area contributed by atoms with Crippen molar-refractivity contribution in [3.63, 3.8) is 0 Å². The maximum atomic E-state index is 12.5. The molecule has 0 aliphatic carbocycles. The molecule has 2 aromatic rings. The summed E-state index contributed by atoms with van der Waals surface area (Å²) >= 11 is 0. The number of rotatable bonds is 4. The largest absolute Gasteiger partial charge is 0.338 e. The Balaban J connectivity index is 1.53. The summed E-state index contributed by atoms with van der Waals surface area (Å²) < 4.78 is 5.02. The second-order valence-electron chi connectivity index (χ2n) is 6.19. The molecule has 1 saturated heterocycles. The lowest BCUT2D eigenvalue weighted by Gasteiger charge is -2.37. The van der Waals surface area contributed by atoms with E-state index in [0.29, 0.717) is 37.6 Å². The predicted molar refractivity (Wildman–Crippen MR) is 93.3 cm³/mol. The third kappa shape index (κ3) is 4.06. The lowest BCUT2D eigenvalue weighted by molar-refractivity contribution is -0.121. The van der Waals surface area contributed by atoms with Crippen molar-refractivity contribution < 1.29 is 14.1 Å². The van der Waals surface area contributed by atoms with Gasteiger partial charge in [-0.25, -0.2) is 0 Å². The lowest BCUT2D eigenvalue weighted by Crippen LogP contribution is -2.54. The molecule has 7 heteroatoms. The van der Waals surface area contributed by atoms with E-state index in [0.717, 1.165) is 5.69 Å². The van der Waals surface area contributed by atoms with Crippen LogP contribution in [0.4, 0.5) is 5.88 Å². The highest BCUT2D eigenvalue weighted by atomic mass is 16.5. The number of carbonyl (C=O) groups excluding carboxylic acids is 2. The van der Waals surface area contributed by atoms with Gasteiger partial charge in [-0.2, -0.15) is 0 Å². The van der Waals surface area contributed by atoms with Crippen molar-refractivity contribution >= 4 is 17.7 Å². The molecule has 7 nitrogen and oxygen atoms in total. The Morgan fingerprint density at radius 3 is 2.44 bits per heavy atom. The number of aromatic nitrogens is 1. The summed E-state index contributed by atoms with van der Waals surface area (Å²) in [5.41, 5.74) is 1.42. The number of anilines is 1. The third-order valence-corrected chi connectivity index (χ3v) is 4.42. The van der Waals surface area contributed by atoms with Gasteiger partial charge in [-0.3, -0.25) is 19.8 Å². The highest BCUT2D eigenvalue weighted by molar-refractivity contribution is 5.94.